The van der Waals surface area contributed by atoms with E-state index in [0.717, 1.165) is 5.56 Å². The van der Waals surface area contributed by atoms with Crippen molar-refractivity contribution in [1.82, 2.24) is 0 Å². The molecule has 0 aromatic heterocycles. The maximum absolute atomic E-state index is 13.1. The minimum absolute atomic E-state index is 0.176. The second-order valence-electron chi connectivity index (χ2n) is 6.03. The van der Waals surface area contributed by atoms with Crippen molar-refractivity contribution in [2.45, 2.75) is 6.42 Å². The number of ketones is 2. The summed E-state index contributed by atoms with van der Waals surface area (Å²) in [4.78, 5) is 26.2. The highest BCUT2D eigenvalue weighted by molar-refractivity contribution is 6.16. The normalized spacial score (nSPS) is 10.5. The minimum atomic E-state index is -0.795. The molecular weight excluding hydrogens is 324 g/mol. The summed E-state index contributed by atoms with van der Waals surface area (Å²) in [6.07, 6.45) is 0.297. The summed E-state index contributed by atoms with van der Waals surface area (Å²) >= 11 is 0. The van der Waals surface area contributed by atoms with Crippen LogP contribution in [0.2, 0.25) is 0 Å². The average Bonchev–Trinajstić information content (AvgIpc) is 2.72. The largest absolute Gasteiger partial charge is 0.496 e. The summed E-state index contributed by atoms with van der Waals surface area (Å²) < 4.78 is 5.39. The topological polar surface area (TPSA) is 43.4 Å². The van der Waals surface area contributed by atoms with Crippen molar-refractivity contribution < 1.29 is 14.3 Å². The van der Waals surface area contributed by atoms with Gasteiger partial charge < -0.3 is 4.74 Å². The van der Waals surface area contributed by atoms with Crippen molar-refractivity contribution in [2.24, 2.45) is 5.92 Å². The first kappa shape index (κ1) is 17.6. The summed E-state index contributed by atoms with van der Waals surface area (Å²) in [5, 5.41) is 0. The summed E-state index contributed by atoms with van der Waals surface area (Å²) in [7, 11) is 1.59. The van der Waals surface area contributed by atoms with Crippen molar-refractivity contribution in [2.75, 3.05) is 7.11 Å². The lowest BCUT2D eigenvalue weighted by Crippen LogP contribution is -2.27. The van der Waals surface area contributed by atoms with E-state index in [1.165, 1.54) is 0 Å². The third-order valence-electron chi connectivity index (χ3n) is 4.37. The van der Waals surface area contributed by atoms with Gasteiger partial charge in [-0.25, -0.2) is 0 Å². The number of ether oxygens (including phenoxy) is 1. The summed E-state index contributed by atoms with van der Waals surface area (Å²) in [5.41, 5.74) is 1.92. The second-order valence-corrected chi connectivity index (χ2v) is 6.03. The number of methoxy groups -OCH3 is 1. The predicted octanol–water partition coefficient (Wildman–Crippen LogP) is 4.62. The van der Waals surface area contributed by atoms with Crippen LogP contribution in [-0.2, 0) is 6.42 Å². The molecule has 0 heterocycles. The van der Waals surface area contributed by atoms with Crippen LogP contribution in [0.5, 0.6) is 5.75 Å². The zero-order chi connectivity index (χ0) is 18.4. The lowest BCUT2D eigenvalue weighted by atomic mass is 9.85. The van der Waals surface area contributed by atoms with Crippen molar-refractivity contribution >= 4 is 11.6 Å². The molecule has 0 N–H and O–H groups in total. The summed E-state index contributed by atoms with van der Waals surface area (Å²) in [6, 6.07) is 25.4. The first-order valence-electron chi connectivity index (χ1n) is 8.51. The number of rotatable bonds is 7. The first-order valence-corrected chi connectivity index (χ1v) is 8.51. The molecule has 0 saturated heterocycles. The molecule has 3 heteroatoms. The quantitative estimate of drug-likeness (QED) is 0.464. The fourth-order valence-electron chi connectivity index (χ4n) is 3.00. The van der Waals surface area contributed by atoms with E-state index in [2.05, 4.69) is 0 Å². The van der Waals surface area contributed by atoms with Gasteiger partial charge in [-0.3, -0.25) is 9.59 Å². The summed E-state index contributed by atoms with van der Waals surface area (Å²) in [6.45, 7) is 0. The molecule has 0 spiro atoms. The standard InChI is InChI=1S/C23H20O3/c1-26-21-15-9-8-14-19(21)16-20(22(24)17-10-4-2-5-11-17)23(25)18-12-6-3-7-13-18/h2-15,20H,16H2,1H3. The van der Waals surface area contributed by atoms with Crippen molar-refractivity contribution in [1.29, 1.82) is 0 Å². The fourth-order valence-corrected chi connectivity index (χ4v) is 3.00. The Morgan fingerprint density at radius 1 is 0.731 bits per heavy atom. The van der Waals surface area contributed by atoms with E-state index in [1.54, 1.807) is 55.6 Å². The molecule has 3 nitrogen and oxygen atoms in total. The number of carbonyl (C=O) groups is 2. The SMILES string of the molecule is COc1ccccc1CC(C(=O)c1ccccc1)C(=O)c1ccccc1. The van der Waals surface area contributed by atoms with Gasteiger partial charge in [0.2, 0.25) is 0 Å². The van der Waals surface area contributed by atoms with Gasteiger partial charge in [0, 0.05) is 11.1 Å². The van der Waals surface area contributed by atoms with Crippen LogP contribution in [-0.4, -0.2) is 18.7 Å². The Labute approximate surface area is 153 Å². The van der Waals surface area contributed by atoms with Gasteiger partial charge in [-0.1, -0.05) is 78.9 Å². The van der Waals surface area contributed by atoms with E-state index < -0.39 is 5.92 Å². The molecule has 0 fully saturated rings. The maximum Gasteiger partial charge on any atom is 0.174 e. The monoisotopic (exact) mass is 344 g/mol. The number of hydrogen-bond acceptors (Lipinski definition) is 3. The Bertz CT molecular complexity index is 834. The zero-order valence-electron chi connectivity index (χ0n) is 14.6. The summed E-state index contributed by atoms with van der Waals surface area (Å²) in [5.74, 6) is -0.467. The smallest absolute Gasteiger partial charge is 0.174 e. The highest BCUT2D eigenvalue weighted by Gasteiger charge is 2.29. The van der Waals surface area contributed by atoms with Gasteiger partial charge in [-0.15, -0.1) is 0 Å². The lowest BCUT2D eigenvalue weighted by Gasteiger charge is -2.17. The van der Waals surface area contributed by atoms with E-state index in [4.69, 9.17) is 4.74 Å². The fraction of sp³-hybridized carbons (Fsp3) is 0.130. The molecule has 0 aliphatic carbocycles. The van der Waals surface area contributed by atoms with Gasteiger partial charge in [0.1, 0.15) is 5.75 Å². The van der Waals surface area contributed by atoms with Crippen LogP contribution < -0.4 is 4.74 Å². The second kappa shape index (κ2) is 8.26. The molecule has 0 atom stereocenters. The molecule has 3 aromatic rings. The van der Waals surface area contributed by atoms with E-state index in [1.807, 2.05) is 36.4 Å². The first-order chi connectivity index (χ1) is 12.7. The van der Waals surface area contributed by atoms with Gasteiger partial charge in [-0.2, -0.15) is 0 Å². The highest BCUT2D eigenvalue weighted by Crippen LogP contribution is 2.25. The van der Waals surface area contributed by atoms with Crippen LogP contribution >= 0.6 is 0 Å². The van der Waals surface area contributed by atoms with E-state index in [-0.39, 0.29) is 11.6 Å². The molecule has 26 heavy (non-hydrogen) atoms. The number of para-hydroxylation sites is 1. The van der Waals surface area contributed by atoms with Crippen molar-refractivity contribution in [3.8, 4) is 5.75 Å². The number of hydrogen-bond donors (Lipinski definition) is 0. The van der Waals surface area contributed by atoms with Crippen molar-refractivity contribution in [3.63, 3.8) is 0 Å². The van der Waals surface area contributed by atoms with Crippen LogP contribution in [0, 0.1) is 5.92 Å². The Hall–Kier alpha value is -3.20. The molecule has 0 aliphatic rings. The van der Waals surface area contributed by atoms with Crippen LogP contribution in [0.25, 0.3) is 0 Å². The Kier molecular flexibility index (Phi) is 5.59. The lowest BCUT2D eigenvalue weighted by molar-refractivity contribution is 0.0806. The average molecular weight is 344 g/mol. The molecule has 0 saturated carbocycles. The molecular formula is C23H20O3. The Morgan fingerprint density at radius 3 is 1.69 bits per heavy atom. The Morgan fingerprint density at radius 2 is 1.19 bits per heavy atom. The Balaban J connectivity index is 1.99. The number of benzene rings is 3. The molecule has 0 unspecified atom stereocenters. The van der Waals surface area contributed by atoms with Crippen LogP contribution in [0.15, 0.2) is 84.9 Å². The van der Waals surface area contributed by atoms with Crippen LogP contribution in [0.3, 0.4) is 0 Å². The number of carbonyl (C=O) groups excluding carboxylic acids is 2. The molecule has 0 radical (unpaired) electrons. The minimum Gasteiger partial charge on any atom is -0.496 e. The third-order valence-corrected chi connectivity index (χ3v) is 4.37. The van der Waals surface area contributed by atoms with Crippen LogP contribution in [0.4, 0.5) is 0 Å². The van der Waals surface area contributed by atoms with Gasteiger partial charge in [-0.05, 0) is 18.1 Å². The van der Waals surface area contributed by atoms with Gasteiger partial charge in [0.05, 0.1) is 13.0 Å². The van der Waals surface area contributed by atoms with Gasteiger partial charge in [0.25, 0.3) is 0 Å². The van der Waals surface area contributed by atoms with Gasteiger partial charge in [0.15, 0.2) is 11.6 Å². The zero-order valence-corrected chi connectivity index (χ0v) is 14.6. The van der Waals surface area contributed by atoms with Gasteiger partial charge >= 0.3 is 0 Å². The molecule has 3 aromatic carbocycles. The molecule has 0 bridgehead atoms. The van der Waals surface area contributed by atoms with E-state index >= 15 is 0 Å². The maximum atomic E-state index is 13.1. The highest BCUT2D eigenvalue weighted by atomic mass is 16.5. The van der Waals surface area contributed by atoms with Crippen LogP contribution in [0.1, 0.15) is 26.3 Å². The van der Waals surface area contributed by atoms with Crippen molar-refractivity contribution in [3.05, 3.63) is 102 Å². The molecule has 130 valence electrons. The molecule has 0 amide bonds. The molecule has 0 aliphatic heterocycles. The van der Waals surface area contributed by atoms with E-state index in [0.29, 0.717) is 23.3 Å². The third kappa shape index (κ3) is 3.89. The van der Waals surface area contributed by atoms with E-state index in [9.17, 15) is 9.59 Å². The predicted molar refractivity (Wildman–Crippen MR) is 102 cm³/mol. The number of Topliss-reactive ketones (excluding diaryl/α,β-unsaturated/α-hetero) is 2. The molecule has 3 rings (SSSR count).